The summed E-state index contributed by atoms with van der Waals surface area (Å²) in [6, 6.07) is 4.98. The van der Waals surface area contributed by atoms with Gasteiger partial charge in [0, 0.05) is 13.6 Å². The third-order valence-electron chi connectivity index (χ3n) is 2.58. The molecule has 3 N–H and O–H groups in total. The van der Waals surface area contributed by atoms with E-state index in [-0.39, 0.29) is 6.54 Å². The van der Waals surface area contributed by atoms with Gasteiger partial charge in [-0.3, -0.25) is 9.59 Å². The minimum Gasteiger partial charge on any atom is -0.480 e. The van der Waals surface area contributed by atoms with Crippen LogP contribution in [0.3, 0.4) is 0 Å². The second-order valence-corrected chi connectivity index (χ2v) is 4.48. The Morgan fingerprint density at radius 2 is 1.95 bits per heavy atom. The number of carboxylic acid groups (broad SMARTS) is 1. The fourth-order valence-electron chi connectivity index (χ4n) is 1.76. The number of halogens is 1. The fraction of sp³-hybridized carbons (Fsp3) is 0.308. The SMILES string of the molecule is CN(Cc1cccc(F)c1)C(=O)N(CC(N)=O)CC(=O)O. The van der Waals surface area contributed by atoms with Crippen molar-refractivity contribution in [3.05, 3.63) is 35.6 Å². The molecule has 21 heavy (non-hydrogen) atoms. The molecular formula is C13H16FN3O4. The number of nitrogens with zero attached hydrogens (tertiary/aromatic N) is 2. The molecule has 0 aromatic heterocycles. The number of amides is 3. The maximum Gasteiger partial charge on any atom is 0.323 e. The summed E-state index contributed by atoms with van der Waals surface area (Å²) in [5.74, 6) is -2.51. The molecule has 0 saturated carbocycles. The van der Waals surface area contributed by atoms with Crippen molar-refractivity contribution >= 4 is 17.9 Å². The van der Waals surface area contributed by atoms with E-state index >= 15 is 0 Å². The molecule has 0 heterocycles. The van der Waals surface area contributed by atoms with Crippen molar-refractivity contribution in [2.75, 3.05) is 20.1 Å². The van der Waals surface area contributed by atoms with Crippen LogP contribution < -0.4 is 5.73 Å². The van der Waals surface area contributed by atoms with Crippen molar-refractivity contribution in [3.63, 3.8) is 0 Å². The Kier molecular flexibility index (Phi) is 5.65. The first-order chi connectivity index (χ1) is 9.79. The van der Waals surface area contributed by atoms with E-state index in [9.17, 15) is 18.8 Å². The predicted octanol–water partition coefficient (Wildman–Crippen LogP) is 0.249. The molecule has 0 bridgehead atoms. The van der Waals surface area contributed by atoms with Crippen LogP contribution in [-0.4, -0.2) is 53.0 Å². The standard InChI is InChI=1S/C13H16FN3O4/c1-16(6-9-3-2-4-10(14)5-9)13(21)17(7-11(15)18)8-12(19)20/h2-5H,6-8H2,1H3,(H2,15,18)(H,19,20). The number of hydrogen-bond donors (Lipinski definition) is 2. The lowest BCUT2D eigenvalue weighted by Gasteiger charge is -2.26. The Balaban J connectivity index is 2.77. The lowest BCUT2D eigenvalue weighted by atomic mass is 10.2. The van der Waals surface area contributed by atoms with E-state index in [4.69, 9.17) is 10.8 Å². The van der Waals surface area contributed by atoms with Gasteiger partial charge in [0.15, 0.2) is 0 Å². The lowest BCUT2D eigenvalue weighted by Crippen LogP contribution is -2.47. The Labute approximate surface area is 120 Å². The minimum atomic E-state index is -1.26. The van der Waals surface area contributed by atoms with E-state index in [1.54, 1.807) is 6.07 Å². The van der Waals surface area contributed by atoms with Crippen molar-refractivity contribution in [2.45, 2.75) is 6.54 Å². The Bertz CT molecular complexity index is 534. The van der Waals surface area contributed by atoms with Gasteiger partial charge < -0.3 is 20.6 Å². The molecule has 7 nitrogen and oxygen atoms in total. The van der Waals surface area contributed by atoms with Crippen LogP contribution in [0.25, 0.3) is 0 Å². The first-order valence-electron chi connectivity index (χ1n) is 6.04. The summed E-state index contributed by atoms with van der Waals surface area (Å²) >= 11 is 0. The number of carbonyl (C=O) groups is 3. The van der Waals surface area contributed by atoms with Crippen LogP contribution in [0.1, 0.15) is 5.56 Å². The van der Waals surface area contributed by atoms with Gasteiger partial charge in [-0.25, -0.2) is 9.18 Å². The van der Waals surface area contributed by atoms with Gasteiger partial charge >= 0.3 is 12.0 Å². The molecule has 0 radical (unpaired) electrons. The van der Waals surface area contributed by atoms with Crippen molar-refractivity contribution in [2.24, 2.45) is 5.73 Å². The summed E-state index contributed by atoms with van der Waals surface area (Å²) in [5, 5.41) is 8.74. The number of rotatable bonds is 6. The third kappa shape index (κ3) is 5.47. The van der Waals surface area contributed by atoms with E-state index in [1.165, 1.54) is 30.1 Å². The first kappa shape index (κ1) is 16.4. The molecule has 1 aromatic rings. The van der Waals surface area contributed by atoms with Crippen LogP contribution in [0, 0.1) is 5.82 Å². The highest BCUT2D eigenvalue weighted by atomic mass is 19.1. The molecule has 3 amide bonds. The molecule has 1 rings (SSSR count). The summed E-state index contributed by atoms with van der Waals surface area (Å²) < 4.78 is 13.1. The van der Waals surface area contributed by atoms with Gasteiger partial charge in [-0.1, -0.05) is 12.1 Å². The molecule has 0 spiro atoms. The average molecular weight is 297 g/mol. The summed E-state index contributed by atoms with van der Waals surface area (Å²) in [4.78, 5) is 35.7. The second-order valence-electron chi connectivity index (χ2n) is 4.48. The number of carbonyl (C=O) groups excluding carboxylic acids is 2. The van der Waals surface area contributed by atoms with Crippen LogP contribution >= 0.6 is 0 Å². The molecule has 0 atom stereocenters. The van der Waals surface area contributed by atoms with E-state index in [0.717, 1.165) is 4.90 Å². The lowest BCUT2D eigenvalue weighted by molar-refractivity contribution is -0.138. The van der Waals surface area contributed by atoms with Gasteiger partial charge in [-0.05, 0) is 17.7 Å². The Morgan fingerprint density at radius 3 is 2.48 bits per heavy atom. The monoisotopic (exact) mass is 297 g/mol. The van der Waals surface area contributed by atoms with Gasteiger partial charge in [0.05, 0.1) is 0 Å². The topological polar surface area (TPSA) is 104 Å². The number of urea groups is 1. The number of carboxylic acids is 1. The van der Waals surface area contributed by atoms with E-state index in [2.05, 4.69) is 0 Å². The highest BCUT2D eigenvalue weighted by Gasteiger charge is 2.22. The van der Waals surface area contributed by atoms with Crippen LogP contribution in [0.5, 0.6) is 0 Å². The van der Waals surface area contributed by atoms with Crippen molar-refractivity contribution < 1.29 is 23.9 Å². The maximum atomic E-state index is 13.1. The molecule has 0 saturated heterocycles. The minimum absolute atomic E-state index is 0.0749. The molecule has 0 aliphatic rings. The summed E-state index contributed by atoms with van der Waals surface area (Å²) in [6.07, 6.45) is 0. The highest BCUT2D eigenvalue weighted by Crippen LogP contribution is 2.08. The molecule has 114 valence electrons. The number of benzene rings is 1. The molecule has 0 unspecified atom stereocenters. The Morgan fingerprint density at radius 1 is 1.29 bits per heavy atom. The predicted molar refractivity (Wildman–Crippen MR) is 71.7 cm³/mol. The van der Waals surface area contributed by atoms with E-state index in [0.29, 0.717) is 5.56 Å². The summed E-state index contributed by atoms with van der Waals surface area (Å²) in [6.45, 7) is -1.07. The number of primary amides is 1. The van der Waals surface area contributed by atoms with Crippen LogP contribution in [-0.2, 0) is 16.1 Å². The van der Waals surface area contributed by atoms with Gasteiger partial charge in [0.25, 0.3) is 0 Å². The molecule has 0 fully saturated rings. The zero-order chi connectivity index (χ0) is 16.0. The first-order valence-corrected chi connectivity index (χ1v) is 6.04. The zero-order valence-corrected chi connectivity index (χ0v) is 11.5. The molecule has 0 aliphatic carbocycles. The largest absolute Gasteiger partial charge is 0.480 e. The summed E-state index contributed by atoms with van der Waals surface area (Å²) in [7, 11) is 1.42. The van der Waals surface area contributed by atoms with Crippen LogP contribution in [0.15, 0.2) is 24.3 Å². The van der Waals surface area contributed by atoms with Gasteiger partial charge in [0.2, 0.25) is 5.91 Å². The molecular weight excluding hydrogens is 281 g/mol. The quantitative estimate of drug-likeness (QED) is 0.785. The van der Waals surface area contributed by atoms with Gasteiger partial charge in [-0.15, -0.1) is 0 Å². The van der Waals surface area contributed by atoms with Crippen molar-refractivity contribution in [1.29, 1.82) is 0 Å². The molecule has 8 heteroatoms. The average Bonchev–Trinajstić information content (AvgIpc) is 2.35. The van der Waals surface area contributed by atoms with Crippen molar-refractivity contribution in [3.8, 4) is 0 Å². The van der Waals surface area contributed by atoms with E-state index < -0.39 is 36.8 Å². The Hall–Kier alpha value is -2.64. The van der Waals surface area contributed by atoms with Gasteiger partial charge in [-0.2, -0.15) is 0 Å². The highest BCUT2D eigenvalue weighted by molar-refractivity contribution is 5.85. The normalized spacial score (nSPS) is 10.0. The van der Waals surface area contributed by atoms with Crippen molar-refractivity contribution in [1.82, 2.24) is 9.80 Å². The second kappa shape index (κ2) is 7.22. The molecule has 1 aromatic carbocycles. The van der Waals surface area contributed by atoms with Crippen LogP contribution in [0.4, 0.5) is 9.18 Å². The molecule has 0 aliphatic heterocycles. The third-order valence-corrected chi connectivity index (χ3v) is 2.58. The number of nitrogens with two attached hydrogens (primary N) is 1. The number of hydrogen-bond acceptors (Lipinski definition) is 3. The van der Waals surface area contributed by atoms with E-state index in [1.807, 2.05) is 0 Å². The van der Waals surface area contributed by atoms with Gasteiger partial charge in [0.1, 0.15) is 18.9 Å². The number of aliphatic carboxylic acids is 1. The fourth-order valence-corrected chi connectivity index (χ4v) is 1.76. The zero-order valence-electron chi connectivity index (χ0n) is 11.5. The summed E-state index contributed by atoms with van der Waals surface area (Å²) in [5.41, 5.74) is 5.53. The smallest absolute Gasteiger partial charge is 0.323 e. The maximum absolute atomic E-state index is 13.1. The van der Waals surface area contributed by atoms with Crippen LogP contribution in [0.2, 0.25) is 0 Å².